The largest absolute Gasteiger partial charge is 0.737 e. The van der Waals surface area contributed by atoms with Crippen LogP contribution in [0.5, 0.6) is 0 Å². The summed E-state index contributed by atoms with van der Waals surface area (Å²) in [5, 5.41) is 0.291. The molecule has 0 saturated carbocycles. The van der Waals surface area contributed by atoms with E-state index in [4.69, 9.17) is 0 Å². The van der Waals surface area contributed by atoms with E-state index in [2.05, 4.69) is 9.97 Å². The van der Waals surface area contributed by atoms with E-state index in [1.807, 2.05) is 26.0 Å². The van der Waals surface area contributed by atoms with E-state index in [1.54, 1.807) is 59.2 Å². The van der Waals surface area contributed by atoms with Gasteiger partial charge in [0.1, 0.15) is 11.4 Å². The number of pyridine rings is 1. The molecule has 0 atom stereocenters. The maximum Gasteiger partial charge on any atom is 0.737 e. The average molecular weight is 653 g/mol. The molecule has 11 nitrogen and oxygen atoms in total. The molecule has 4 aromatic rings. The first-order chi connectivity index (χ1) is 22.9. The Bertz CT molecular complexity index is 2240. The van der Waals surface area contributed by atoms with Crippen molar-refractivity contribution in [3.05, 3.63) is 115 Å². The van der Waals surface area contributed by atoms with Gasteiger partial charge in [0.15, 0.2) is 5.70 Å². The van der Waals surface area contributed by atoms with E-state index in [9.17, 15) is 19.2 Å². The van der Waals surface area contributed by atoms with Crippen molar-refractivity contribution in [2.24, 2.45) is 0 Å². The van der Waals surface area contributed by atoms with E-state index in [0.29, 0.717) is 65.5 Å². The van der Waals surface area contributed by atoms with Crippen molar-refractivity contribution in [3.8, 4) is 0 Å². The topological polar surface area (TPSA) is 116 Å². The molecule has 0 spiro atoms. The van der Waals surface area contributed by atoms with Gasteiger partial charge in [0.2, 0.25) is 5.91 Å². The average Bonchev–Trinajstić information content (AvgIpc) is 3.62. The Morgan fingerprint density at radius 3 is 2.50 bits per heavy atom. The third kappa shape index (κ3) is 5.21. The van der Waals surface area contributed by atoms with Crippen LogP contribution in [0.4, 0.5) is 8.63 Å². The molecule has 1 fully saturated rings. The maximum atomic E-state index is 15.8. The lowest BCUT2D eigenvalue weighted by Crippen LogP contribution is -2.51. The molecule has 3 aromatic heterocycles. The van der Waals surface area contributed by atoms with Crippen LogP contribution in [-0.2, 0) is 11.3 Å². The van der Waals surface area contributed by atoms with Gasteiger partial charge in [-0.1, -0.05) is 12.1 Å². The molecule has 1 saturated heterocycles. The molecule has 1 aromatic carbocycles. The number of aromatic amines is 1. The molecule has 3 aliphatic rings. The number of piperazine rings is 1. The second kappa shape index (κ2) is 11.7. The number of carbonyl (C=O) groups is 2. The number of nitrogens with one attached hydrogen (secondary N) is 1. The number of hydrogen-bond donors (Lipinski definition) is 1. The van der Waals surface area contributed by atoms with Crippen LogP contribution in [-0.4, -0.2) is 84.0 Å². The highest BCUT2D eigenvalue weighted by molar-refractivity contribution is 6.58. The van der Waals surface area contributed by atoms with Gasteiger partial charge >= 0.3 is 12.7 Å². The number of rotatable bonds is 6. The van der Waals surface area contributed by atoms with Crippen molar-refractivity contribution >= 4 is 41.6 Å². The summed E-state index contributed by atoms with van der Waals surface area (Å²) in [5.74, 6) is -0.332. The second-order valence-corrected chi connectivity index (χ2v) is 12.6. The molecule has 48 heavy (non-hydrogen) atoms. The summed E-state index contributed by atoms with van der Waals surface area (Å²) >= 11 is 0. The molecular formula is C34H34BF2N7O4. The number of halogens is 2. The van der Waals surface area contributed by atoms with E-state index in [-0.39, 0.29) is 36.8 Å². The standard InChI is InChI=1S/C34H34BF2N7O4/c1-21-6-7-24(20-42-31-27(5-4-12-38-31)32(46)39-34(42)48)18-28(21)33(47)41-15-13-40(14-16-41)30(45)11-10-25-8-9-26-19-29-22(2)17-23(3)43(29)35(36,37)44(25)26/h4-9,12,17-19H,10-11,13-16,20H2,1-3H3,(H,39,46,48). The fraction of sp³-hybridized carbons (Fsp3) is 0.294. The Kier molecular flexibility index (Phi) is 7.60. The minimum absolute atomic E-state index is 0.0783. The first-order valence-electron chi connectivity index (χ1n) is 15.9. The van der Waals surface area contributed by atoms with E-state index >= 15 is 8.63 Å². The van der Waals surface area contributed by atoms with E-state index in [1.165, 1.54) is 10.8 Å². The number of H-pyrrole nitrogens is 1. The summed E-state index contributed by atoms with van der Waals surface area (Å²) in [4.78, 5) is 61.7. The molecule has 7 rings (SSSR count). The van der Waals surface area contributed by atoms with E-state index < -0.39 is 18.2 Å². The Morgan fingerprint density at radius 2 is 1.73 bits per heavy atom. The summed E-state index contributed by atoms with van der Waals surface area (Å²) < 4.78 is 35.1. The fourth-order valence-electron chi connectivity index (χ4n) is 7.06. The van der Waals surface area contributed by atoms with Gasteiger partial charge in [-0.25, -0.2) is 9.78 Å². The number of aryl methyl sites for hydroxylation is 3. The first-order valence-corrected chi connectivity index (χ1v) is 15.9. The zero-order valence-corrected chi connectivity index (χ0v) is 26.9. The Labute approximate surface area is 274 Å². The van der Waals surface area contributed by atoms with Gasteiger partial charge in [-0.15, -0.1) is 0 Å². The molecule has 0 bridgehead atoms. The van der Waals surface area contributed by atoms with Crippen LogP contribution in [0.25, 0.3) is 17.1 Å². The van der Waals surface area contributed by atoms with Crippen molar-refractivity contribution in [2.75, 3.05) is 26.2 Å². The number of amides is 2. The number of allylic oxidation sites excluding steroid dienone is 2. The number of carbonyl (C=O) groups excluding carboxylic acids is 2. The van der Waals surface area contributed by atoms with Crippen LogP contribution in [0, 0.1) is 20.8 Å². The van der Waals surface area contributed by atoms with Gasteiger partial charge in [-0.3, -0.25) is 23.9 Å². The number of nitrogens with zero attached hydrogens (tertiary/aromatic N) is 6. The van der Waals surface area contributed by atoms with Crippen molar-refractivity contribution in [2.45, 2.75) is 40.2 Å². The molecule has 0 radical (unpaired) electrons. The Morgan fingerprint density at radius 1 is 0.979 bits per heavy atom. The van der Waals surface area contributed by atoms with Gasteiger partial charge in [-0.05, 0) is 67.4 Å². The van der Waals surface area contributed by atoms with Crippen LogP contribution in [0.15, 0.2) is 70.0 Å². The highest BCUT2D eigenvalue weighted by atomic mass is 19.2. The van der Waals surface area contributed by atoms with Crippen molar-refractivity contribution in [1.82, 2.24) is 28.8 Å². The zero-order chi connectivity index (χ0) is 33.9. The second-order valence-electron chi connectivity index (χ2n) is 12.6. The summed E-state index contributed by atoms with van der Waals surface area (Å²) in [5.41, 5.74) is 3.73. The molecule has 0 aliphatic carbocycles. The van der Waals surface area contributed by atoms with Crippen LogP contribution >= 0.6 is 0 Å². The van der Waals surface area contributed by atoms with Crippen LogP contribution in [0.1, 0.15) is 51.3 Å². The van der Waals surface area contributed by atoms with Gasteiger partial charge in [-0.2, -0.15) is 0 Å². The minimum Gasteiger partial charge on any atom is -0.394 e. The minimum atomic E-state index is -4.09. The predicted molar refractivity (Wildman–Crippen MR) is 178 cm³/mol. The monoisotopic (exact) mass is 653 g/mol. The first kappa shape index (κ1) is 31.2. The number of aromatic nitrogens is 4. The summed E-state index contributed by atoms with van der Waals surface area (Å²) in [6, 6.07) is 10.4. The van der Waals surface area contributed by atoms with Gasteiger partial charge in [0.25, 0.3) is 11.5 Å². The molecule has 246 valence electrons. The summed E-state index contributed by atoms with van der Waals surface area (Å²) in [6.07, 6.45) is 6.88. The quantitative estimate of drug-likeness (QED) is 0.321. The molecule has 2 amide bonds. The number of fused-ring (bicyclic) bond motifs is 3. The van der Waals surface area contributed by atoms with Crippen molar-refractivity contribution < 1.29 is 22.7 Å². The molecule has 3 aliphatic heterocycles. The molecule has 0 unspecified atom stereocenters. The number of hydrogen-bond acceptors (Lipinski definition) is 5. The SMILES string of the molecule is Cc1ccc(Cn2c(=O)[nH]c(=O)c3cccnc32)cc1C(=O)N1CCN(C(=O)CCC2=[N+]3C(=Cc4c(C)cc(C)n4[B-]3(F)F)C=C2)CC1. The molecule has 14 heteroatoms. The Balaban J connectivity index is 1.01. The normalized spacial score (nSPS) is 16.7. The van der Waals surface area contributed by atoms with Gasteiger partial charge in [0, 0.05) is 74.7 Å². The van der Waals surface area contributed by atoms with Gasteiger partial charge in [0.05, 0.1) is 11.9 Å². The molecule has 1 N–H and O–H groups in total. The highest BCUT2D eigenvalue weighted by Gasteiger charge is 2.52. The van der Waals surface area contributed by atoms with Crippen LogP contribution in [0.3, 0.4) is 0 Å². The van der Waals surface area contributed by atoms with Gasteiger partial charge < -0.3 is 27.4 Å². The Hall–Kier alpha value is -5.40. The zero-order valence-electron chi connectivity index (χ0n) is 26.9. The number of benzene rings is 1. The lowest BCUT2D eigenvalue weighted by molar-refractivity contribution is -0.362. The van der Waals surface area contributed by atoms with Crippen molar-refractivity contribution in [3.63, 3.8) is 0 Å². The summed E-state index contributed by atoms with van der Waals surface area (Å²) in [6.45, 7) is 2.67. The lowest BCUT2D eigenvalue weighted by atomic mass is 9.90. The van der Waals surface area contributed by atoms with Crippen LogP contribution < -0.4 is 11.2 Å². The van der Waals surface area contributed by atoms with E-state index in [0.717, 1.165) is 20.1 Å². The summed E-state index contributed by atoms with van der Waals surface area (Å²) in [7, 11) is 0. The maximum absolute atomic E-state index is 15.8. The van der Waals surface area contributed by atoms with Crippen LogP contribution in [0.2, 0.25) is 0 Å². The lowest BCUT2D eigenvalue weighted by Gasteiger charge is -2.35. The predicted octanol–water partition coefficient (Wildman–Crippen LogP) is 3.23. The van der Waals surface area contributed by atoms with Crippen molar-refractivity contribution in [1.29, 1.82) is 0 Å². The third-order valence-electron chi connectivity index (χ3n) is 9.55. The smallest absolute Gasteiger partial charge is 0.394 e. The fourth-order valence-corrected chi connectivity index (χ4v) is 7.06. The third-order valence-corrected chi connectivity index (χ3v) is 9.55. The molecular weight excluding hydrogens is 619 g/mol. The highest BCUT2D eigenvalue weighted by Crippen LogP contribution is 2.34. The molecule has 6 heterocycles.